The monoisotopic (exact) mass is 389 g/mol. The zero-order valence-corrected chi connectivity index (χ0v) is 16.6. The topological polar surface area (TPSA) is 65.4 Å². The van der Waals surface area contributed by atoms with Crippen molar-refractivity contribution in [2.75, 3.05) is 5.32 Å². The molecule has 1 aromatic carbocycles. The first-order chi connectivity index (χ1) is 14.0. The fraction of sp³-hybridized carbons (Fsp3) is 0.304. The summed E-state index contributed by atoms with van der Waals surface area (Å²) in [5.74, 6) is 1.58. The van der Waals surface area contributed by atoms with Crippen LogP contribution in [-0.2, 0) is 0 Å². The Morgan fingerprint density at radius 1 is 1.07 bits per heavy atom. The summed E-state index contributed by atoms with van der Waals surface area (Å²) >= 11 is 0. The van der Waals surface area contributed by atoms with Crippen LogP contribution in [0.15, 0.2) is 48.7 Å². The Hall–Kier alpha value is -3.28. The molecule has 6 heteroatoms. The molecule has 148 valence electrons. The van der Waals surface area contributed by atoms with Gasteiger partial charge in [0.2, 0.25) is 0 Å². The molecule has 3 heterocycles. The van der Waals surface area contributed by atoms with Gasteiger partial charge in [-0.25, -0.2) is 4.98 Å². The van der Waals surface area contributed by atoms with Crippen molar-refractivity contribution in [3.05, 3.63) is 65.6 Å². The predicted octanol–water partition coefficient (Wildman–Crippen LogP) is 4.78. The SMILES string of the molecule is Cc1cc(C(=O)Nc2ccc3c(c2)OC2(CCCC2)O3)c(C)n1-c1ccccn1. The Labute approximate surface area is 169 Å². The fourth-order valence-corrected chi connectivity index (χ4v) is 4.32. The number of nitrogens with one attached hydrogen (secondary N) is 1. The zero-order chi connectivity index (χ0) is 20.0. The molecule has 1 N–H and O–H groups in total. The van der Waals surface area contributed by atoms with E-state index in [0.717, 1.165) is 48.6 Å². The summed E-state index contributed by atoms with van der Waals surface area (Å²) in [4.78, 5) is 17.4. The molecular weight excluding hydrogens is 366 g/mol. The first-order valence-electron chi connectivity index (χ1n) is 9.98. The maximum absolute atomic E-state index is 13.0. The lowest BCUT2D eigenvalue weighted by Gasteiger charge is -2.21. The van der Waals surface area contributed by atoms with Crippen molar-refractivity contribution < 1.29 is 14.3 Å². The van der Waals surface area contributed by atoms with Crippen LogP contribution in [0.5, 0.6) is 11.5 Å². The molecule has 1 saturated carbocycles. The molecule has 0 unspecified atom stereocenters. The van der Waals surface area contributed by atoms with E-state index in [1.807, 2.05) is 60.9 Å². The van der Waals surface area contributed by atoms with Crippen LogP contribution in [0.25, 0.3) is 5.82 Å². The lowest BCUT2D eigenvalue weighted by molar-refractivity contribution is -0.0716. The van der Waals surface area contributed by atoms with Gasteiger partial charge in [-0.1, -0.05) is 6.07 Å². The van der Waals surface area contributed by atoms with Crippen LogP contribution < -0.4 is 14.8 Å². The van der Waals surface area contributed by atoms with E-state index in [4.69, 9.17) is 9.47 Å². The summed E-state index contributed by atoms with van der Waals surface area (Å²) in [6, 6.07) is 13.2. The molecule has 1 amide bonds. The Morgan fingerprint density at radius 3 is 2.62 bits per heavy atom. The minimum atomic E-state index is -0.501. The van der Waals surface area contributed by atoms with Crippen LogP contribution in [0.2, 0.25) is 0 Å². The quantitative estimate of drug-likeness (QED) is 0.700. The highest BCUT2D eigenvalue weighted by molar-refractivity contribution is 6.05. The fourth-order valence-electron chi connectivity index (χ4n) is 4.32. The van der Waals surface area contributed by atoms with E-state index in [1.54, 1.807) is 6.20 Å². The zero-order valence-electron chi connectivity index (χ0n) is 16.6. The Balaban J connectivity index is 1.38. The van der Waals surface area contributed by atoms with Gasteiger partial charge in [0, 0.05) is 42.2 Å². The standard InChI is InChI=1S/C23H23N3O3/c1-15-13-18(16(2)26(15)21-7-3-6-12-24-21)22(27)25-17-8-9-19-20(14-17)29-23(28-19)10-4-5-11-23/h3,6-9,12-14H,4-5,10-11H2,1-2H3,(H,25,27). The molecule has 5 rings (SSSR count). The maximum Gasteiger partial charge on any atom is 0.257 e. The van der Waals surface area contributed by atoms with E-state index in [2.05, 4.69) is 10.3 Å². The van der Waals surface area contributed by atoms with Crippen LogP contribution in [0.1, 0.15) is 47.4 Å². The number of fused-ring (bicyclic) bond motifs is 1. The average molecular weight is 389 g/mol. The minimum Gasteiger partial charge on any atom is -0.448 e. The van der Waals surface area contributed by atoms with Gasteiger partial charge in [0.1, 0.15) is 5.82 Å². The highest BCUT2D eigenvalue weighted by atomic mass is 16.7. The second-order valence-corrected chi connectivity index (χ2v) is 7.75. The number of rotatable bonds is 3. The van der Waals surface area contributed by atoms with Gasteiger partial charge in [-0.2, -0.15) is 0 Å². The third-order valence-corrected chi connectivity index (χ3v) is 5.71. The second-order valence-electron chi connectivity index (χ2n) is 7.75. The summed E-state index contributed by atoms with van der Waals surface area (Å²) in [7, 11) is 0. The number of aryl methyl sites for hydroxylation is 1. The van der Waals surface area contributed by atoms with Crippen molar-refractivity contribution in [3.63, 3.8) is 0 Å². The first kappa shape index (κ1) is 17.8. The van der Waals surface area contributed by atoms with Crippen LogP contribution in [0.3, 0.4) is 0 Å². The van der Waals surface area contributed by atoms with Gasteiger partial charge in [-0.15, -0.1) is 0 Å². The van der Waals surface area contributed by atoms with E-state index >= 15 is 0 Å². The van der Waals surface area contributed by atoms with Crippen molar-refractivity contribution in [1.82, 2.24) is 9.55 Å². The highest BCUT2D eigenvalue weighted by Gasteiger charge is 2.44. The van der Waals surface area contributed by atoms with Crippen LogP contribution >= 0.6 is 0 Å². The van der Waals surface area contributed by atoms with Gasteiger partial charge in [-0.3, -0.25) is 4.79 Å². The van der Waals surface area contributed by atoms with Gasteiger partial charge >= 0.3 is 0 Å². The molecular formula is C23H23N3O3. The molecule has 6 nitrogen and oxygen atoms in total. The molecule has 1 aliphatic heterocycles. The van der Waals surface area contributed by atoms with E-state index in [0.29, 0.717) is 17.0 Å². The number of nitrogens with zero attached hydrogens (tertiary/aromatic N) is 2. The molecule has 2 aromatic heterocycles. The third-order valence-electron chi connectivity index (χ3n) is 5.71. The van der Waals surface area contributed by atoms with E-state index in [1.165, 1.54) is 0 Å². The van der Waals surface area contributed by atoms with E-state index in [-0.39, 0.29) is 5.91 Å². The van der Waals surface area contributed by atoms with Gasteiger partial charge in [0.15, 0.2) is 11.5 Å². The molecule has 0 radical (unpaired) electrons. The molecule has 0 atom stereocenters. The Morgan fingerprint density at radius 2 is 1.86 bits per heavy atom. The number of carbonyl (C=O) groups excluding carboxylic acids is 1. The van der Waals surface area contributed by atoms with Crippen molar-refractivity contribution in [2.45, 2.75) is 45.3 Å². The van der Waals surface area contributed by atoms with Gasteiger partial charge in [0.25, 0.3) is 11.7 Å². The van der Waals surface area contributed by atoms with Gasteiger partial charge in [-0.05, 0) is 57.0 Å². The number of carbonyl (C=O) groups is 1. The van der Waals surface area contributed by atoms with Crippen LogP contribution in [0, 0.1) is 13.8 Å². The number of ether oxygens (including phenoxy) is 2. The number of hydrogen-bond acceptors (Lipinski definition) is 4. The Kier molecular flexibility index (Phi) is 4.08. The van der Waals surface area contributed by atoms with Crippen molar-refractivity contribution in [3.8, 4) is 17.3 Å². The summed E-state index contributed by atoms with van der Waals surface area (Å²) in [6.07, 6.45) is 5.79. The molecule has 0 bridgehead atoms. The van der Waals surface area contributed by atoms with Gasteiger partial charge < -0.3 is 19.4 Å². The lowest BCUT2D eigenvalue weighted by atomic mass is 10.2. The number of hydrogen-bond donors (Lipinski definition) is 1. The lowest BCUT2D eigenvalue weighted by Crippen LogP contribution is -2.34. The number of aromatic nitrogens is 2. The number of benzene rings is 1. The third kappa shape index (κ3) is 3.05. The summed E-state index contributed by atoms with van der Waals surface area (Å²) < 4.78 is 14.1. The van der Waals surface area contributed by atoms with Crippen molar-refractivity contribution in [1.29, 1.82) is 0 Å². The number of pyridine rings is 1. The van der Waals surface area contributed by atoms with E-state index < -0.39 is 5.79 Å². The van der Waals surface area contributed by atoms with Crippen molar-refractivity contribution in [2.24, 2.45) is 0 Å². The molecule has 3 aromatic rings. The van der Waals surface area contributed by atoms with Gasteiger partial charge in [0.05, 0.1) is 5.56 Å². The molecule has 0 saturated heterocycles. The molecule has 1 aliphatic carbocycles. The summed E-state index contributed by atoms with van der Waals surface area (Å²) in [5.41, 5.74) is 3.12. The maximum atomic E-state index is 13.0. The molecule has 29 heavy (non-hydrogen) atoms. The largest absolute Gasteiger partial charge is 0.448 e. The highest BCUT2D eigenvalue weighted by Crippen LogP contribution is 2.47. The van der Waals surface area contributed by atoms with Crippen LogP contribution in [-0.4, -0.2) is 21.2 Å². The summed E-state index contributed by atoms with van der Waals surface area (Å²) in [5, 5.41) is 2.99. The van der Waals surface area contributed by atoms with Crippen LogP contribution in [0.4, 0.5) is 5.69 Å². The normalized spacial score (nSPS) is 16.3. The second kappa shape index (κ2) is 6.65. The molecule has 2 aliphatic rings. The first-order valence-corrected chi connectivity index (χ1v) is 9.98. The molecule has 1 fully saturated rings. The van der Waals surface area contributed by atoms with Crippen molar-refractivity contribution >= 4 is 11.6 Å². The molecule has 1 spiro atoms. The number of anilines is 1. The number of amides is 1. The Bertz CT molecular complexity index is 1080. The smallest absolute Gasteiger partial charge is 0.257 e. The average Bonchev–Trinajstić information content (AvgIpc) is 3.39. The summed E-state index contributed by atoms with van der Waals surface area (Å²) in [6.45, 7) is 3.90. The predicted molar refractivity (Wildman–Crippen MR) is 110 cm³/mol. The minimum absolute atomic E-state index is 0.158. The van der Waals surface area contributed by atoms with E-state index in [9.17, 15) is 4.79 Å².